The number of rotatable bonds is 1. The maximum absolute atomic E-state index is 10.2. The standard InChI is InChI=1S/C26H24O/c1-16-14-19(15-17(2)26(16)27)21-8-5-9-22-24(21)13-12-23-20-7-4-3-6-18(20)10-11-25(22)23/h3-4,6-7,10-15,21,27H,5,8-9H2,1-2H3. The summed E-state index contributed by atoms with van der Waals surface area (Å²) in [5, 5.41) is 15.6. The van der Waals surface area contributed by atoms with E-state index < -0.39 is 0 Å². The topological polar surface area (TPSA) is 20.2 Å². The predicted octanol–water partition coefficient (Wildman–Crippen LogP) is 6.78. The van der Waals surface area contributed by atoms with Crippen LogP contribution in [-0.4, -0.2) is 5.11 Å². The summed E-state index contributed by atoms with van der Waals surface area (Å²) in [5.74, 6) is 0.849. The molecule has 0 radical (unpaired) electrons. The Morgan fingerprint density at radius 2 is 1.56 bits per heavy atom. The third-order valence-electron chi connectivity index (χ3n) is 6.28. The summed E-state index contributed by atoms with van der Waals surface area (Å²) in [6.07, 6.45) is 3.54. The van der Waals surface area contributed by atoms with Gasteiger partial charge in [0, 0.05) is 5.92 Å². The third kappa shape index (κ3) is 2.53. The van der Waals surface area contributed by atoms with Crippen molar-refractivity contribution < 1.29 is 5.11 Å². The number of phenols is 1. The molecule has 0 saturated heterocycles. The molecule has 27 heavy (non-hydrogen) atoms. The molecular formula is C26H24O. The number of aryl methyl sites for hydroxylation is 3. The highest BCUT2D eigenvalue weighted by Crippen LogP contribution is 2.42. The molecule has 1 heteroatoms. The van der Waals surface area contributed by atoms with Crippen LogP contribution in [0.25, 0.3) is 21.5 Å². The second-order valence-electron chi connectivity index (χ2n) is 7.96. The van der Waals surface area contributed by atoms with Crippen molar-refractivity contribution in [3.8, 4) is 5.75 Å². The van der Waals surface area contributed by atoms with E-state index in [4.69, 9.17) is 0 Å². The monoisotopic (exact) mass is 352 g/mol. The van der Waals surface area contributed by atoms with Crippen LogP contribution in [0.3, 0.4) is 0 Å². The van der Waals surface area contributed by atoms with Crippen LogP contribution in [0.15, 0.2) is 60.7 Å². The largest absolute Gasteiger partial charge is 0.507 e. The molecule has 1 aliphatic carbocycles. The van der Waals surface area contributed by atoms with Crippen molar-refractivity contribution in [1.82, 2.24) is 0 Å². The molecule has 134 valence electrons. The molecule has 0 aromatic heterocycles. The zero-order chi connectivity index (χ0) is 18.5. The molecule has 1 nitrogen and oxygen atoms in total. The number of benzene rings is 4. The summed E-state index contributed by atoms with van der Waals surface area (Å²) >= 11 is 0. The van der Waals surface area contributed by atoms with Gasteiger partial charge in [-0.3, -0.25) is 0 Å². The molecule has 0 amide bonds. The average Bonchev–Trinajstić information content (AvgIpc) is 2.70. The number of fused-ring (bicyclic) bond motifs is 5. The summed E-state index contributed by atoms with van der Waals surface area (Å²) in [5.41, 5.74) is 6.27. The lowest BCUT2D eigenvalue weighted by Gasteiger charge is -2.28. The Bertz CT molecular complexity index is 1160. The highest BCUT2D eigenvalue weighted by Gasteiger charge is 2.24. The quantitative estimate of drug-likeness (QED) is 0.374. The van der Waals surface area contributed by atoms with Crippen LogP contribution >= 0.6 is 0 Å². The van der Waals surface area contributed by atoms with Crippen LogP contribution in [0.1, 0.15) is 46.6 Å². The Balaban J connectivity index is 1.73. The van der Waals surface area contributed by atoms with Crippen LogP contribution < -0.4 is 0 Å². The second-order valence-corrected chi connectivity index (χ2v) is 7.96. The Morgan fingerprint density at radius 1 is 0.815 bits per heavy atom. The molecule has 0 spiro atoms. The highest BCUT2D eigenvalue weighted by atomic mass is 16.3. The van der Waals surface area contributed by atoms with Gasteiger partial charge in [0.1, 0.15) is 5.75 Å². The Morgan fingerprint density at radius 3 is 2.37 bits per heavy atom. The predicted molar refractivity (Wildman–Crippen MR) is 114 cm³/mol. The van der Waals surface area contributed by atoms with Crippen LogP contribution in [0.4, 0.5) is 0 Å². The third-order valence-corrected chi connectivity index (χ3v) is 6.28. The van der Waals surface area contributed by atoms with Gasteiger partial charge in [0.2, 0.25) is 0 Å². The van der Waals surface area contributed by atoms with E-state index in [0.29, 0.717) is 11.7 Å². The number of aromatic hydroxyl groups is 1. The van der Waals surface area contributed by atoms with Crippen molar-refractivity contribution in [3.63, 3.8) is 0 Å². The molecule has 1 atom stereocenters. The smallest absolute Gasteiger partial charge is 0.121 e. The van der Waals surface area contributed by atoms with E-state index in [1.807, 2.05) is 13.8 Å². The molecule has 5 rings (SSSR count). The summed E-state index contributed by atoms with van der Waals surface area (Å²) in [4.78, 5) is 0. The summed E-state index contributed by atoms with van der Waals surface area (Å²) < 4.78 is 0. The normalized spacial score (nSPS) is 16.6. The van der Waals surface area contributed by atoms with Gasteiger partial charge in [-0.1, -0.05) is 60.7 Å². The van der Waals surface area contributed by atoms with E-state index >= 15 is 0 Å². The lowest BCUT2D eigenvalue weighted by atomic mass is 9.76. The minimum Gasteiger partial charge on any atom is -0.507 e. The van der Waals surface area contributed by atoms with Crippen LogP contribution in [0.5, 0.6) is 5.75 Å². The van der Waals surface area contributed by atoms with Crippen molar-refractivity contribution in [2.24, 2.45) is 0 Å². The van der Waals surface area contributed by atoms with Crippen LogP contribution in [0, 0.1) is 13.8 Å². The fraction of sp³-hybridized carbons (Fsp3) is 0.231. The summed E-state index contributed by atoms with van der Waals surface area (Å²) in [6.45, 7) is 4.00. The molecule has 0 heterocycles. The van der Waals surface area contributed by atoms with Gasteiger partial charge in [0.25, 0.3) is 0 Å². The van der Waals surface area contributed by atoms with Gasteiger partial charge in [-0.2, -0.15) is 0 Å². The first-order chi connectivity index (χ1) is 13.1. The zero-order valence-corrected chi connectivity index (χ0v) is 15.9. The van der Waals surface area contributed by atoms with Gasteiger partial charge < -0.3 is 5.11 Å². The Labute approximate surface area is 160 Å². The molecule has 1 N–H and O–H groups in total. The van der Waals surface area contributed by atoms with E-state index in [2.05, 4.69) is 60.7 Å². The van der Waals surface area contributed by atoms with Crippen LogP contribution in [0.2, 0.25) is 0 Å². The van der Waals surface area contributed by atoms with Gasteiger partial charge in [-0.15, -0.1) is 0 Å². The average molecular weight is 352 g/mol. The van der Waals surface area contributed by atoms with Gasteiger partial charge >= 0.3 is 0 Å². The van der Waals surface area contributed by atoms with Crippen molar-refractivity contribution in [3.05, 3.63) is 88.5 Å². The fourth-order valence-corrected chi connectivity index (χ4v) is 4.95. The second kappa shape index (κ2) is 6.13. The van der Waals surface area contributed by atoms with E-state index in [1.54, 1.807) is 0 Å². The molecule has 0 fully saturated rings. The van der Waals surface area contributed by atoms with E-state index in [1.165, 1.54) is 51.1 Å². The van der Waals surface area contributed by atoms with Crippen molar-refractivity contribution in [2.75, 3.05) is 0 Å². The van der Waals surface area contributed by atoms with Gasteiger partial charge in [-0.05, 0) is 82.5 Å². The number of phenolic OH excluding ortho intramolecular Hbond substituents is 1. The molecule has 4 aromatic rings. The molecule has 4 aromatic carbocycles. The Hall–Kier alpha value is -2.80. The zero-order valence-electron chi connectivity index (χ0n) is 15.9. The maximum Gasteiger partial charge on any atom is 0.121 e. The molecule has 1 aliphatic rings. The molecule has 0 aliphatic heterocycles. The van der Waals surface area contributed by atoms with Crippen molar-refractivity contribution >= 4 is 21.5 Å². The first kappa shape index (κ1) is 16.4. The molecule has 0 saturated carbocycles. The van der Waals surface area contributed by atoms with E-state index in [9.17, 15) is 5.11 Å². The highest BCUT2D eigenvalue weighted by molar-refractivity contribution is 6.08. The summed E-state index contributed by atoms with van der Waals surface area (Å²) in [7, 11) is 0. The maximum atomic E-state index is 10.2. The van der Waals surface area contributed by atoms with Crippen molar-refractivity contribution in [2.45, 2.75) is 39.0 Å². The lowest BCUT2D eigenvalue weighted by Crippen LogP contribution is -2.12. The van der Waals surface area contributed by atoms with Gasteiger partial charge in [0.15, 0.2) is 0 Å². The molecular weight excluding hydrogens is 328 g/mol. The fourth-order valence-electron chi connectivity index (χ4n) is 4.95. The number of hydrogen-bond donors (Lipinski definition) is 1. The first-order valence-corrected chi connectivity index (χ1v) is 9.87. The van der Waals surface area contributed by atoms with Crippen molar-refractivity contribution in [1.29, 1.82) is 0 Å². The van der Waals surface area contributed by atoms with E-state index in [-0.39, 0.29) is 0 Å². The molecule has 0 bridgehead atoms. The minimum atomic E-state index is 0.419. The first-order valence-electron chi connectivity index (χ1n) is 9.87. The SMILES string of the molecule is Cc1cc(C2CCCc3c2ccc2c3ccc3ccccc32)cc(C)c1O. The lowest BCUT2D eigenvalue weighted by molar-refractivity contribution is 0.466. The minimum absolute atomic E-state index is 0.419. The summed E-state index contributed by atoms with van der Waals surface area (Å²) in [6, 6.07) is 22.3. The number of hydrogen-bond acceptors (Lipinski definition) is 1. The Kier molecular flexibility index (Phi) is 3.72. The van der Waals surface area contributed by atoms with Gasteiger partial charge in [-0.25, -0.2) is 0 Å². The van der Waals surface area contributed by atoms with E-state index in [0.717, 1.165) is 17.5 Å². The molecule has 1 unspecified atom stereocenters. The van der Waals surface area contributed by atoms with Crippen LogP contribution in [-0.2, 0) is 6.42 Å². The van der Waals surface area contributed by atoms with Gasteiger partial charge in [0.05, 0.1) is 0 Å².